The lowest BCUT2D eigenvalue weighted by molar-refractivity contribution is -0.265. The van der Waals surface area contributed by atoms with Crippen LogP contribution in [-0.4, -0.2) is 141 Å². The number of Topliss-reactive ketones (excluding diaryl/α,β-unsaturated/α-hetero) is 3. The molecule has 3 fully saturated rings. The van der Waals surface area contributed by atoms with Crippen molar-refractivity contribution in [2.45, 2.75) is 195 Å². The van der Waals surface area contributed by atoms with Gasteiger partial charge in [-0.1, -0.05) is 85.9 Å². The second kappa shape index (κ2) is 28.3. The van der Waals surface area contributed by atoms with Gasteiger partial charge in [0.15, 0.2) is 5.78 Å². The zero-order valence-corrected chi connectivity index (χ0v) is 42.5. The van der Waals surface area contributed by atoms with E-state index in [1.54, 1.807) is 52.1 Å². The molecule has 2 N–H and O–H groups in total. The van der Waals surface area contributed by atoms with Crippen LogP contribution in [0.2, 0.25) is 0 Å². The number of hydrogen-bond acceptors (Lipinski definition) is 15. The Morgan fingerprint density at radius 1 is 0.873 bits per heavy atom. The van der Waals surface area contributed by atoms with E-state index in [1.165, 1.54) is 12.0 Å². The van der Waals surface area contributed by atoms with Crippen molar-refractivity contribution in [3.8, 4) is 0 Å². The summed E-state index contributed by atoms with van der Waals surface area (Å²) in [7, 11) is 4.62. The minimum Gasteiger partial charge on any atom is -0.460 e. The minimum absolute atomic E-state index is 0. The Balaban J connectivity index is 0.00000666. The number of carbonyl (C=O) groups is 5. The Morgan fingerprint density at radius 3 is 2.27 bits per heavy atom. The van der Waals surface area contributed by atoms with Gasteiger partial charge in [-0.25, -0.2) is 9.48 Å². The molecule has 17 heteroatoms. The molecule has 17 nitrogen and oxygen atoms in total. The first-order valence-electron chi connectivity index (χ1n) is 25.0. The first-order chi connectivity index (χ1) is 32.8. The maximum Gasteiger partial charge on any atom is 0.329 e. The number of aliphatic hydroxyl groups is 2. The molecule has 400 valence electrons. The van der Waals surface area contributed by atoms with Gasteiger partial charge in [0.2, 0.25) is 5.79 Å². The van der Waals surface area contributed by atoms with Crippen LogP contribution in [0.3, 0.4) is 0 Å². The van der Waals surface area contributed by atoms with Gasteiger partial charge in [0, 0.05) is 58.5 Å². The van der Waals surface area contributed by atoms with Crippen LogP contribution < -0.4 is 0 Å². The highest BCUT2D eigenvalue weighted by molar-refractivity contribution is 6.39. The van der Waals surface area contributed by atoms with Gasteiger partial charge in [0.05, 0.1) is 24.4 Å². The molecule has 15 atom stereocenters. The van der Waals surface area contributed by atoms with Crippen LogP contribution in [0, 0.1) is 35.5 Å². The Morgan fingerprint density at radius 2 is 1.61 bits per heavy atom. The van der Waals surface area contributed by atoms with Crippen LogP contribution in [0.25, 0.3) is 0 Å². The number of nitrogens with zero attached hydrogens (tertiary/aromatic N) is 5. The maximum atomic E-state index is 14.5. The van der Waals surface area contributed by atoms with E-state index in [4.69, 9.17) is 23.7 Å². The van der Waals surface area contributed by atoms with Crippen molar-refractivity contribution in [3.05, 3.63) is 53.9 Å². The lowest BCUT2D eigenvalue weighted by atomic mass is 9.77. The largest absolute Gasteiger partial charge is 0.460 e. The number of rotatable bonds is 7. The third-order valence-electron chi connectivity index (χ3n) is 15.2. The summed E-state index contributed by atoms with van der Waals surface area (Å²) in [5.41, 5.74) is 1.27. The third kappa shape index (κ3) is 15.6. The summed E-state index contributed by atoms with van der Waals surface area (Å²) in [5, 5.41) is 35.2. The molecule has 2 saturated heterocycles. The molecule has 1 aromatic heterocycles. The smallest absolute Gasteiger partial charge is 0.329 e. The molecule has 3 unspecified atom stereocenters. The number of esters is 1. The molecule has 2 bridgehead atoms. The van der Waals surface area contributed by atoms with Crippen molar-refractivity contribution in [2.24, 2.45) is 35.5 Å². The number of ketones is 3. The first-order valence-corrected chi connectivity index (χ1v) is 25.0. The van der Waals surface area contributed by atoms with Crippen molar-refractivity contribution < 1.29 is 57.9 Å². The summed E-state index contributed by atoms with van der Waals surface area (Å²) < 4.78 is 31.6. The zero-order valence-electron chi connectivity index (χ0n) is 42.5. The van der Waals surface area contributed by atoms with Gasteiger partial charge < -0.3 is 38.8 Å². The molecular formula is C54H87N5O12. The van der Waals surface area contributed by atoms with Gasteiger partial charge in [-0.05, 0) is 117 Å². The number of allylic oxidation sites excluding steroid dienone is 6. The second-order valence-corrected chi connectivity index (χ2v) is 20.4. The van der Waals surface area contributed by atoms with E-state index < -0.39 is 77.8 Å². The monoisotopic (exact) mass is 998 g/mol. The number of carbonyl (C=O) groups excluding carboxylic acids is 5. The predicted molar refractivity (Wildman–Crippen MR) is 269 cm³/mol. The first kappa shape index (κ1) is 61.0. The number of cyclic esters (lactones) is 1. The standard InChI is InChI=1S/C52H79N5O12.2CH4/c1-31-16-12-11-13-17-32(2)43(65-8)28-39-21-19-37(7)52(64,69-39)49(61)50(62)56-23-15-14-18-41(56)51(63)68-44(34(4)26-38-20-22-40(45(27-38)66-9)57-30-53-54-55-57)29-42(58)33(3)25-36(6)47(60)48(67-10)46(59)35(5)24-31;;/h11-13,16-17,25,30-31,33-35,37-41,43-45,47-48,60,64H,14-15,18-24,26-29H2,1-10H3;2*1H4/b13-11+,16-12+,32-17+,36-25+;;/t31-,33-,34-,35?,37-,38+,39+,40+,41?,43+,44+,45-,47-,48?,52-;;/m1../s1. The molecule has 71 heavy (non-hydrogen) atoms. The lowest BCUT2D eigenvalue weighted by Crippen LogP contribution is -2.61. The van der Waals surface area contributed by atoms with Gasteiger partial charge in [-0.3, -0.25) is 19.2 Å². The van der Waals surface area contributed by atoms with Crippen LogP contribution in [-0.2, 0) is 47.7 Å². The summed E-state index contributed by atoms with van der Waals surface area (Å²) in [6.07, 6.45) is 13.9. The quantitative estimate of drug-likeness (QED) is 0.155. The van der Waals surface area contributed by atoms with Crippen LogP contribution in [0.4, 0.5) is 0 Å². The van der Waals surface area contributed by atoms with E-state index in [9.17, 15) is 34.2 Å². The van der Waals surface area contributed by atoms with Crippen molar-refractivity contribution in [1.82, 2.24) is 25.1 Å². The van der Waals surface area contributed by atoms with Crippen LogP contribution in [0.1, 0.15) is 146 Å². The Bertz CT molecular complexity index is 2020. The SMILES string of the molecule is C.C.COC1C(=O)C(C)C[C@H](C)/C=C/C=C/C=C(\C)[C@@H](OC)C[C@@H]2CC[C@@H](C)[C@@](O)(O2)C(=O)C(=O)N2CCCCC2C(=O)O[C@H]([C@H](C)C[C@@H]2CC[C@H](n3cnnn3)[C@H](OC)C2)CC(=O)[C@H](C)/C=C(\C)[C@H]1O. The third-order valence-corrected chi connectivity index (χ3v) is 15.2. The van der Waals surface area contributed by atoms with Crippen molar-refractivity contribution >= 4 is 29.2 Å². The normalized spacial score (nSPS) is 37.7. The molecule has 4 heterocycles. The van der Waals surface area contributed by atoms with E-state index >= 15 is 0 Å². The maximum absolute atomic E-state index is 14.5. The minimum atomic E-state index is -2.43. The van der Waals surface area contributed by atoms with E-state index in [2.05, 4.69) is 15.5 Å². The number of aliphatic hydroxyl groups excluding tert-OH is 1. The van der Waals surface area contributed by atoms with Crippen molar-refractivity contribution in [3.63, 3.8) is 0 Å². The molecule has 1 aromatic rings. The van der Waals surface area contributed by atoms with Gasteiger partial charge in [-0.15, -0.1) is 5.10 Å². The topological polar surface area (TPSA) is 219 Å². The summed E-state index contributed by atoms with van der Waals surface area (Å²) in [4.78, 5) is 72.3. The van der Waals surface area contributed by atoms with Crippen molar-refractivity contribution in [1.29, 1.82) is 0 Å². The molecule has 0 radical (unpaired) electrons. The number of methoxy groups -OCH3 is 3. The molecule has 1 aliphatic carbocycles. The van der Waals surface area contributed by atoms with Crippen LogP contribution in [0.15, 0.2) is 53.9 Å². The van der Waals surface area contributed by atoms with Crippen molar-refractivity contribution in [2.75, 3.05) is 27.9 Å². The highest BCUT2D eigenvalue weighted by atomic mass is 16.6. The summed E-state index contributed by atoms with van der Waals surface area (Å²) in [5.74, 6) is -7.92. The molecule has 0 aromatic carbocycles. The fraction of sp³-hybridized carbons (Fsp3) is 0.741. The van der Waals surface area contributed by atoms with E-state index in [0.29, 0.717) is 56.9 Å². The average molecular weight is 998 g/mol. The van der Waals surface area contributed by atoms with Gasteiger partial charge in [0.1, 0.15) is 36.5 Å². The number of aromatic nitrogens is 4. The molecule has 3 aliphatic heterocycles. The number of ether oxygens (including phenoxy) is 5. The molecule has 4 aliphatic rings. The van der Waals surface area contributed by atoms with E-state index in [1.807, 2.05) is 58.1 Å². The summed E-state index contributed by atoms with van der Waals surface area (Å²) in [6.45, 7) is 12.8. The van der Waals surface area contributed by atoms with Gasteiger partial charge in [-0.2, -0.15) is 0 Å². The fourth-order valence-electron chi connectivity index (χ4n) is 10.7. The molecular weight excluding hydrogens is 911 g/mol. The molecule has 1 amide bonds. The van der Waals surface area contributed by atoms with Gasteiger partial charge >= 0.3 is 5.97 Å². The highest BCUT2D eigenvalue weighted by Crippen LogP contribution is 2.39. The van der Waals surface area contributed by atoms with Gasteiger partial charge in [0.25, 0.3) is 11.7 Å². The van der Waals surface area contributed by atoms with E-state index in [-0.39, 0.29) is 75.7 Å². The van der Waals surface area contributed by atoms with Crippen LogP contribution in [0.5, 0.6) is 0 Å². The van der Waals surface area contributed by atoms with E-state index in [0.717, 1.165) is 18.4 Å². The lowest BCUT2D eigenvalue weighted by Gasteiger charge is -2.42. The molecule has 0 spiro atoms. The summed E-state index contributed by atoms with van der Waals surface area (Å²) in [6, 6.07) is -1.19. The Hall–Kier alpha value is -4.26. The number of piperidine rings is 1. The Labute approximate surface area is 423 Å². The predicted octanol–water partition coefficient (Wildman–Crippen LogP) is 7.32. The number of fused-ring (bicyclic) bond motifs is 3. The second-order valence-electron chi connectivity index (χ2n) is 20.4. The average Bonchev–Trinajstić information content (AvgIpc) is 3.88. The molecule has 5 rings (SSSR count). The zero-order chi connectivity index (χ0) is 50.6. The number of hydrogen-bond donors (Lipinski definition) is 2. The molecule has 1 saturated carbocycles. The number of amides is 1. The number of tetrazole rings is 1. The Kier molecular flexibility index (Phi) is 24.3. The van der Waals surface area contributed by atoms with Crippen LogP contribution >= 0.6 is 0 Å². The summed E-state index contributed by atoms with van der Waals surface area (Å²) >= 11 is 0. The fourth-order valence-corrected chi connectivity index (χ4v) is 10.7. The highest BCUT2D eigenvalue weighted by Gasteiger charge is 2.53.